The highest BCUT2D eigenvalue weighted by atomic mass is 35.5. The van der Waals surface area contributed by atoms with Crippen LogP contribution in [0.1, 0.15) is 28.9 Å². The van der Waals surface area contributed by atoms with Gasteiger partial charge >= 0.3 is 0 Å². The molecule has 0 aromatic heterocycles. The summed E-state index contributed by atoms with van der Waals surface area (Å²) in [7, 11) is 0. The third-order valence-electron chi connectivity index (χ3n) is 3.31. The van der Waals surface area contributed by atoms with E-state index in [9.17, 15) is 14.0 Å². The first-order valence-corrected chi connectivity index (χ1v) is 7.51. The fraction of sp³-hybridized carbons (Fsp3) is 0.176. The number of ether oxygens (including phenoxy) is 1. The van der Waals surface area contributed by atoms with Crippen LogP contribution in [0.3, 0.4) is 0 Å². The van der Waals surface area contributed by atoms with Crippen molar-refractivity contribution in [2.45, 2.75) is 13.0 Å². The average molecular weight is 351 g/mol. The first kappa shape index (κ1) is 17.7. The lowest BCUT2D eigenvalue weighted by molar-refractivity contribution is -0.123. The maximum absolute atomic E-state index is 12.9. The van der Waals surface area contributed by atoms with Crippen LogP contribution in [0.5, 0.6) is 5.75 Å². The summed E-state index contributed by atoms with van der Waals surface area (Å²) in [6, 6.07) is 9.88. The van der Waals surface area contributed by atoms with Crippen molar-refractivity contribution in [1.29, 1.82) is 0 Å². The van der Waals surface area contributed by atoms with Crippen LogP contribution in [-0.2, 0) is 4.79 Å². The van der Waals surface area contributed by atoms with Crippen LogP contribution in [0.4, 0.5) is 4.39 Å². The minimum absolute atomic E-state index is 0.0990. The van der Waals surface area contributed by atoms with Crippen molar-refractivity contribution in [3.63, 3.8) is 0 Å². The van der Waals surface area contributed by atoms with Gasteiger partial charge in [0.1, 0.15) is 11.6 Å². The van der Waals surface area contributed by atoms with Gasteiger partial charge in [0.25, 0.3) is 11.8 Å². The number of carbonyl (C=O) groups is 2. The van der Waals surface area contributed by atoms with Crippen LogP contribution < -0.4 is 15.8 Å². The summed E-state index contributed by atoms with van der Waals surface area (Å²) >= 11 is 5.80. The molecule has 0 aliphatic heterocycles. The first-order valence-electron chi connectivity index (χ1n) is 7.14. The second kappa shape index (κ2) is 7.79. The average Bonchev–Trinajstić information content (AvgIpc) is 2.54. The quantitative estimate of drug-likeness (QED) is 0.840. The van der Waals surface area contributed by atoms with Crippen LogP contribution in [0.2, 0.25) is 5.02 Å². The molecule has 0 saturated heterocycles. The predicted molar refractivity (Wildman–Crippen MR) is 88.4 cm³/mol. The minimum Gasteiger partial charge on any atom is -0.483 e. The number of primary amides is 1. The van der Waals surface area contributed by atoms with Crippen LogP contribution in [0, 0.1) is 5.82 Å². The number of carbonyl (C=O) groups excluding carboxylic acids is 2. The molecule has 0 saturated carbocycles. The molecule has 24 heavy (non-hydrogen) atoms. The lowest BCUT2D eigenvalue weighted by Crippen LogP contribution is -2.31. The van der Waals surface area contributed by atoms with E-state index >= 15 is 0 Å². The maximum Gasteiger partial charge on any atom is 0.258 e. The van der Waals surface area contributed by atoms with E-state index in [4.69, 9.17) is 22.1 Å². The van der Waals surface area contributed by atoms with E-state index in [1.165, 1.54) is 30.3 Å². The van der Waals surface area contributed by atoms with E-state index in [-0.39, 0.29) is 29.8 Å². The van der Waals surface area contributed by atoms with Crippen LogP contribution in [-0.4, -0.2) is 18.4 Å². The Hall–Kier alpha value is -2.60. The molecule has 1 atom stereocenters. The molecule has 2 aromatic carbocycles. The van der Waals surface area contributed by atoms with E-state index in [1.807, 2.05) is 0 Å². The zero-order valence-electron chi connectivity index (χ0n) is 12.9. The van der Waals surface area contributed by atoms with Gasteiger partial charge in [0.05, 0.1) is 11.6 Å². The Morgan fingerprint density at radius 2 is 1.92 bits per heavy atom. The van der Waals surface area contributed by atoms with E-state index in [2.05, 4.69) is 5.32 Å². The molecule has 0 bridgehead atoms. The van der Waals surface area contributed by atoms with E-state index in [0.717, 1.165) is 5.56 Å². The van der Waals surface area contributed by atoms with Crippen LogP contribution in [0.25, 0.3) is 0 Å². The predicted octanol–water partition coefficient (Wildman–Crippen LogP) is 2.83. The lowest BCUT2D eigenvalue weighted by Gasteiger charge is -2.15. The molecule has 0 spiro atoms. The van der Waals surface area contributed by atoms with Gasteiger partial charge in [0.15, 0.2) is 6.61 Å². The Bertz CT molecular complexity index is 750. The molecule has 126 valence electrons. The normalized spacial score (nSPS) is 11.6. The first-order chi connectivity index (χ1) is 11.4. The largest absolute Gasteiger partial charge is 0.483 e. The summed E-state index contributed by atoms with van der Waals surface area (Å²) in [5.74, 6) is -1.26. The molecule has 2 rings (SSSR count). The molecule has 2 amide bonds. The number of nitrogens with one attached hydrogen (secondary N) is 1. The maximum atomic E-state index is 12.9. The summed E-state index contributed by atoms with van der Waals surface area (Å²) in [6.45, 7) is 1.47. The van der Waals surface area contributed by atoms with Crippen molar-refractivity contribution in [3.05, 3.63) is 64.4 Å². The molecule has 0 heterocycles. The van der Waals surface area contributed by atoms with Gasteiger partial charge in [-0.3, -0.25) is 9.59 Å². The van der Waals surface area contributed by atoms with Crippen LogP contribution >= 0.6 is 11.6 Å². The Morgan fingerprint density at radius 3 is 2.54 bits per heavy atom. The number of rotatable bonds is 6. The third kappa shape index (κ3) is 4.70. The highest BCUT2D eigenvalue weighted by Gasteiger charge is 2.14. The van der Waals surface area contributed by atoms with Gasteiger partial charge < -0.3 is 15.8 Å². The van der Waals surface area contributed by atoms with Gasteiger partial charge in [-0.15, -0.1) is 0 Å². The lowest BCUT2D eigenvalue weighted by atomic mass is 10.1. The number of hydrogen-bond donors (Lipinski definition) is 2. The SMILES string of the molecule is C[C@H](NC(=O)COc1ccc(Cl)cc1C(N)=O)c1ccc(F)cc1. The van der Waals surface area contributed by atoms with Gasteiger partial charge in [0.2, 0.25) is 0 Å². The summed E-state index contributed by atoms with van der Waals surface area (Å²) in [5.41, 5.74) is 6.11. The monoisotopic (exact) mass is 350 g/mol. The molecule has 0 aliphatic rings. The number of nitrogens with two attached hydrogens (primary N) is 1. The molecule has 0 unspecified atom stereocenters. The second-order valence-corrected chi connectivity index (χ2v) is 5.57. The Kier molecular flexibility index (Phi) is 5.76. The third-order valence-corrected chi connectivity index (χ3v) is 3.55. The summed E-state index contributed by atoms with van der Waals surface area (Å²) in [6.07, 6.45) is 0. The number of halogens is 2. The highest BCUT2D eigenvalue weighted by molar-refractivity contribution is 6.31. The minimum atomic E-state index is -0.701. The van der Waals surface area contributed by atoms with Gasteiger partial charge in [-0.2, -0.15) is 0 Å². The molecular weight excluding hydrogens is 335 g/mol. The molecule has 3 N–H and O–H groups in total. The van der Waals surface area contributed by atoms with Crippen molar-refractivity contribution >= 4 is 23.4 Å². The molecule has 0 aliphatic carbocycles. The summed E-state index contributed by atoms with van der Waals surface area (Å²) < 4.78 is 18.2. The van der Waals surface area contributed by atoms with Crippen molar-refractivity contribution in [3.8, 4) is 5.75 Å². The second-order valence-electron chi connectivity index (χ2n) is 5.13. The van der Waals surface area contributed by atoms with E-state index < -0.39 is 11.8 Å². The number of hydrogen-bond acceptors (Lipinski definition) is 3. The van der Waals surface area contributed by atoms with Crippen molar-refractivity contribution in [1.82, 2.24) is 5.32 Å². The molecule has 0 radical (unpaired) electrons. The molecule has 7 heteroatoms. The number of benzene rings is 2. The zero-order valence-corrected chi connectivity index (χ0v) is 13.6. The van der Waals surface area contributed by atoms with Crippen molar-refractivity contribution < 1.29 is 18.7 Å². The van der Waals surface area contributed by atoms with Gasteiger partial charge in [-0.1, -0.05) is 23.7 Å². The molecule has 2 aromatic rings. The summed E-state index contributed by atoms with van der Waals surface area (Å²) in [5, 5.41) is 3.06. The van der Waals surface area contributed by atoms with Crippen molar-refractivity contribution in [2.75, 3.05) is 6.61 Å². The van der Waals surface area contributed by atoms with Crippen molar-refractivity contribution in [2.24, 2.45) is 5.73 Å². The highest BCUT2D eigenvalue weighted by Crippen LogP contribution is 2.22. The Labute approximate surface area is 143 Å². The fourth-order valence-corrected chi connectivity index (χ4v) is 2.25. The van der Waals surface area contributed by atoms with Crippen LogP contribution in [0.15, 0.2) is 42.5 Å². The smallest absolute Gasteiger partial charge is 0.258 e. The van der Waals surface area contributed by atoms with Gasteiger partial charge in [-0.05, 0) is 42.8 Å². The molecular formula is C17H16ClFN2O3. The summed E-state index contributed by atoms with van der Waals surface area (Å²) in [4.78, 5) is 23.3. The van der Waals surface area contributed by atoms with Gasteiger partial charge in [0, 0.05) is 5.02 Å². The zero-order chi connectivity index (χ0) is 17.7. The molecule has 0 fully saturated rings. The van der Waals surface area contributed by atoms with Gasteiger partial charge in [-0.25, -0.2) is 4.39 Å². The standard InChI is InChI=1S/C17H16ClFN2O3/c1-10(11-2-5-13(19)6-3-11)21-16(22)9-24-15-7-4-12(18)8-14(15)17(20)23/h2-8,10H,9H2,1H3,(H2,20,23)(H,21,22)/t10-/m0/s1. The number of amides is 2. The Morgan fingerprint density at radius 1 is 1.25 bits per heavy atom. The fourth-order valence-electron chi connectivity index (χ4n) is 2.08. The van der Waals surface area contributed by atoms with E-state index in [0.29, 0.717) is 5.02 Å². The van der Waals surface area contributed by atoms with E-state index in [1.54, 1.807) is 19.1 Å². The molecule has 5 nitrogen and oxygen atoms in total. The Balaban J connectivity index is 1.96. The topological polar surface area (TPSA) is 81.4 Å².